The van der Waals surface area contributed by atoms with Gasteiger partial charge in [-0.15, -0.1) is 0 Å². The third kappa shape index (κ3) is 4.27. The fourth-order valence-electron chi connectivity index (χ4n) is 3.87. The Bertz CT molecular complexity index is 1160. The Kier molecular flexibility index (Phi) is 5.57. The van der Waals surface area contributed by atoms with Gasteiger partial charge in [-0.25, -0.2) is 9.78 Å². The number of pyridine rings is 1. The number of nitrogens with zero attached hydrogens (tertiary/aromatic N) is 3. The Labute approximate surface area is 181 Å². The topological polar surface area (TPSA) is 101 Å². The van der Waals surface area contributed by atoms with Crippen molar-refractivity contribution in [2.75, 3.05) is 25.5 Å². The van der Waals surface area contributed by atoms with E-state index in [2.05, 4.69) is 15.3 Å². The number of aromatic nitrogens is 2. The molecular formula is C21H21F3N4O4. The van der Waals surface area contributed by atoms with Crippen molar-refractivity contribution in [3.8, 4) is 17.0 Å². The van der Waals surface area contributed by atoms with Gasteiger partial charge < -0.3 is 24.5 Å². The molecule has 8 nitrogen and oxygen atoms in total. The second kappa shape index (κ2) is 8.21. The molecule has 1 aliphatic rings. The lowest BCUT2D eigenvalue weighted by molar-refractivity contribution is -0.137. The van der Waals surface area contributed by atoms with Crippen LogP contribution in [0.25, 0.3) is 22.5 Å². The van der Waals surface area contributed by atoms with Gasteiger partial charge >= 0.3 is 12.3 Å². The summed E-state index contributed by atoms with van der Waals surface area (Å²) in [4.78, 5) is 21.3. The average molecular weight is 450 g/mol. The summed E-state index contributed by atoms with van der Waals surface area (Å²) >= 11 is 0. The van der Waals surface area contributed by atoms with E-state index < -0.39 is 17.8 Å². The number of anilines is 1. The number of hydrogen-bond acceptors (Lipinski definition) is 6. The summed E-state index contributed by atoms with van der Waals surface area (Å²) in [7, 11) is 1.31. The molecule has 1 amide bonds. The van der Waals surface area contributed by atoms with Gasteiger partial charge in [0.15, 0.2) is 5.58 Å². The Morgan fingerprint density at radius 3 is 2.78 bits per heavy atom. The number of piperidine rings is 1. The molecule has 3 aromatic rings. The number of rotatable bonds is 4. The fourth-order valence-corrected chi connectivity index (χ4v) is 3.87. The molecule has 1 atom stereocenters. The van der Waals surface area contributed by atoms with Crippen molar-refractivity contribution in [1.82, 2.24) is 14.9 Å². The average Bonchev–Trinajstić information content (AvgIpc) is 3.13. The molecule has 1 aromatic carbocycles. The van der Waals surface area contributed by atoms with Gasteiger partial charge in [-0.1, -0.05) is 0 Å². The zero-order valence-electron chi connectivity index (χ0n) is 17.4. The van der Waals surface area contributed by atoms with Crippen molar-refractivity contribution >= 4 is 23.3 Å². The SMILES string of the molecule is COc1cc(C(F)(F)F)cc(C)c1-c1ccc2oc(N[C@@H]3CCCN(C(=O)O)C3)nc2n1. The molecule has 32 heavy (non-hydrogen) atoms. The number of ether oxygens (including phenoxy) is 1. The van der Waals surface area contributed by atoms with Crippen molar-refractivity contribution in [2.45, 2.75) is 32.0 Å². The van der Waals surface area contributed by atoms with Crippen LogP contribution in [-0.4, -0.2) is 52.3 Å². The van der Waals surface area contributed by atoms with Crippen LogP contribution in [0.3, 0.4) is 0 Å². The van der Waals surface area contributed by atoms with E-state index in [0.29, 0.717) is 35.5 Å². The van der Waals surface area contributed by atoms with Gasteiger partial charge in [-0.05, 0) is 49.6 Å². The van der Waals surface area contributed by atoms with Crippen LogP contribution in [-0.2, 0) is 6.18 Å². The van der Waals surface area contributed by atoms with Gasteiger partial charge in [0.25, 0.3) is 6.01 Å². The quantitative estimate of drug-likeness (QED) is 0.590. The molecule has 1 aliphatic heterocycles. The zero-order chi connectivity index (χ0) is 23.0. The predicted octanol–water partition coefficient (Wildman–Crippen LogP) is 4.78. The first kappa shape index (κ1) is 21.7. The lowest BCUT2D eigenvalue weighted by atomic mass is 10.00. The minimum absolute atomic E-state index is 0.0574. The molecule has 0 saturated carbocycles. The molecule has 170 valence electrons. The third-order valence-electron chi connectivity index (χ3n) is 5.38. The Morgan fingerprint density at radius 1 is 1.31 bits per heavy atom. The predicted molar refractivity (Wildman–Crippen MR) is 110 cm³/mol. The third-order valence-corrected chi connectivity index (χ3v) is 5.38. The monoisotopic (exact) mass is 450 g/mol. The standard InChI is InChI=1S/C21H21F3N4O4/c1-11-8-12(21(22,23)24)9-16(31-2)17(11)14-5-6-15-18(26-14)27-19(32-15)25-13-4-3-7-28(10-13)20(29)30/h5-6,8-9,13H,3-4,7,10H2,1-2H3,(H,29,30)(H,25,26,27)/t13-/m1/s1. The van der Waals surface area contributed by atoms with Gasteiger partial charge in [0.1, 0.15) is 5.75 Å². The number of carbonyl (C=O) groups is 1. The van der Waals surface area contributed by atoms with E-state index in [9.17, 15) is 23.1 Å². The molecule has 1 fully saturated rings. The second-order valence-corrected chi connectivity index (χ2v) is 7.62. The molecule has 11 heteroatoms. The second-order valence-electron chi connectivity index (χ2n) is 7.62. The summed E-state index contributed by atoms with van der Waals surface area (Å²) in [6.07, 6.45) is -3.97. The van der Waals surface area contributed by atoms with Gasteiger partial charge in [0.05, 0.1) is 18.4 Å². The van der Waals surface area contributed by atoms with E-state index in [1.807, 2.05) is 0 Å². The summed E-state index contributed by atoms with van der Waals surface area (Å²) < 4.78 is 50.4. The number of carboxylic acid groups (broad SMARTS) is 1. The number of halogens is 3. The molecule has 2 N–H and O–H groups in total. The first-order valence-electron chi connectivity index (χ1n) is 9.94. The van der Waals surface area contributed by atoms with E-state index in [1.165, 1.54) is 12.0 Å². The van der Waals surface area contributed by atoms with Gasteiger partial charge in [0.2, 0.25) is 5.65 Å². The van der Waals surface area contributed by atoms with E-state index >= 15 is 0 Å². The maximum Gasteiger partial charge on any atom is 0.416 e. The first-order valence-corrected chi connectivity index (χ1v) is 9.94. The smallest absolute Gasteiger partial charge is 0.416 e. The highest BCUT2D eigenvalue weighted by atomic mass is 19.4. The molecule has 0 bridgehead atoms. The Morgan fingerprint density at radius 2 is 2.09 bits per heavy atom. The van der Waals surface area contributed by atoms with Gasteiger partial charge in [-0.3, -0.25) is 0 Å². The van der Waals surface area contributed by atoms with Crippen molar-refractivity contribution < 1.29 is 32.2 Å². The summed E-state index contributed by atoms with van der Waals surface area (Å²) in [5, 5.41) is 12.3. The molecule has 0 spiro atoms. The van der Waals surface area contributed by atoms with E-state index in [4.69, 9.17) is 9.15 Å². The number of nitrogens with one attached hydrogen (secondary N) is 1. The van der Waals surface area contributed by atoms with E-state index in [-0.39, 0.29) is 23.5 Å². The normalized spacial score (nSPS) is 16.9. The van der Waals surface area contributed by atoms with Crippen LogP contribution in [0, 0.1) is 6.92 Å². The van der Waals surface area contributed by atoms with Crippen LogP contribution in [0.5, 0.6) is 5.75 Å². The lowest BCUT2D eigenvalue weighted by Gasteiger charge is -2.30. The number of aryl methyl sites for hydroxylation is 1. The highest BCUT2D eigenvalue weighted by Gasteiger charge is 2.32. The van der Waals surface area contributed by atoms with Crippen LogP contribution in [0.2, 0.25) is 0 Å². The largest absolute Gasteiger partial charge is 0.496 e. The molecular weight excluding hydrogens is 429 g/mol. The molecule has 0 aliphatic carbocycles. The first-order chi connectivity index (χ1) is 15.2. The number of oxazole rings is 1. The van der Waals surface area contributed by atoms with Crippen LogP contribution in [0.15, 0.2) is 28.7 Å². The molecule has 0 radical (unpaired) electrons. The van der Waals surface area contributed by atoms with Crippen molar-refractivity contribution in [3.05, 3.63) is 35.4 Å². The number of alkyl halides is 3. The number of benzene rings is 1. The van der Waals surface area contributed by atoms with Crippen LogP contribution in [0.1, 0.15) is 24.0 Å². The van der Waals surface area contributed by atoms with Gasteiger partial charge in [0, 0.05) is 24.7 Å². The summed E-state index contributed by atoms with van der Waals surface area (Å²) in [5.41, 5.74) is 1.07. The summed E-state index contributed by atoms with van der Waals surface area (Å²) in [6.45, 7) is 2.36. The molecule has 4 rings (SSSR count). The minimum atomic E-state index is -4.49. The van der Waals surface area contributed by atoms with Crippen LogP contribution < -0.4 is 10.1 Å². The summed E-state index contributed by atoms with van der Waals surface area (Å²) in [6, 6.07) is 5.32. The van der Waals surface area contributed by atoms with Gasteiger partial charge in [-0.2, -0.15) is 18.2 Å². The zero-order valence-corrected chi connectivity index (χ0v) is 17.4. The van der Waals surface area contributed by atoms with Crippen molar-refractivity contribution in [2.24, 2.45) is 0 Å². The lowest BCUT2D eigenvalue weighted by Crippen LogP contribution is -2.44. The van der Waals surface area contributed by atoms with Crippen LogP contribution in [0.4, 0.5) is 24.0 Å². The summed E-state index contributed by atoms with van der Waals surface area (Å²) in [5.74, 6) is 0.0574. The number of hydrogen-bond donors (Lipinski definition) is 2. The Hall–Kier alpha value is -3.50. The number of fused-ring (bicyclic) bond motifs is 1. The molecule has 2 aromatic heterocycles. The van der Waals surface area contributed by atoms with E-state index in [1.54, 1.807) is 19.1 Å². The highest BCUT2D eigenvalue weighted by molar-refractivity contribution is 5.79. The van der Waals surface area contributed by atoms with Crippen molar-refractivity contribution in [1.29, 1.82) is 0 Å². The Balaban J connectivity index is 1.63. The molecule has 3 heterocycles. The van der Waals surface area contributed by atoms with E-state index in [0.717, 1.165) is 25.0 Å². The number of likely N-dealkylation sites (tertiary alicyclic amines) is 1. The molecule has 1 saturated heterocycles. The number of methoxy groups -OCH3 is 1. The fraction of sp³-hybridized carbons (Fsp3) is 0.381. The highest BCUT2D eigenvalue weighted by Crippen LogP contribution is 2.39. The van der Waals surface area contributed by atoms with Crippen LogP contribution >= 0.6 is 0 Å². The number of amides is 1. The minimum Gasteiger partial charge on any atom is -0.496 e. The van der Waals surface area contributed by atoms with Crippen molar-refractivity contribution in [3.63, 3.8) is 0 Å². The maximum absolute atomic E-state index is 13.2. The maximum atomic E-state index is 13.2. The molecule has 0 unspecified atom stereocenters.